The maximum absolute atomic E-state index is 10.6. The second-order valence-electron chi connectivity index (χ2n) is 3.10. The zero-order valence-corrected chi connectivity index (χ0v) is 9.81. The molecule has 80 valence electrons. The van der Waals surface area contributed by atoms with Crippen LogP contribution in [0.2, 0.25) is 0 Å². The molecule has 0 amide bonds. The molecule has 0 spiro atoms. The molecule has 1 aromatic rings. The minimum atomic E-state index is -2.23. The van der Waals surface area contributed by atoms with E-state index in [9.17, 15) is 9.67 Å². The van der Waals surface area contributed by atoms with E-state index in [0.717, 1.165) is 11.1 Å². The van der Waals surface area contributed by atoms with Crippen LogP contribution in [0, 0.1) is 13.8 Å². The third kappa shape index (κ3) is 3.38. The van der Waals surface area contributed by atoms with E-state index in [1.165, 1.54) is 0 Å². The Labute approximate surface area is 94.0 Å². The van der Waals surface area contributed by atoms with Crippen LogP contribution in [0.15, 0.2) is 12.1 Å². The summed E-state index contributed by atoms with van der Waals surface area (Å²) < 4.78 is 10.6. The van der Waals surface area contributed by atoms with Gasteiger partial charge in [0.2, 0.25) is 6.16 Å². The predicted octanol–water partition coefficient (Wildman–Crippen LogP) is 2.24. The first kappa shape index (κ1) is 13.6. The van der Waals surface area contributed by atoms with Crippen molar-refractivity contribution in [2.45, 2.75) is 20.0 Å². The minimum Gasteiger partial charge on any atom is -0.507 e. The fourth-order valence-electron chi connectivity index (χ4n) is 1.31. The Bertz CT molecular complexity index is 352. The summed E-state index contributed by atoms with van der Waals surface area (Å²) >= 11 is 0. The fraction of sp³-hybridized carbons (Fsp3) is 0.333. The van der Waals surface area contributed by atoms with Gasteiger partial charge in [0.05, 0.1) is 0 Å². The molecule has 1 atom stereocenters. The van der Waals surface area contributed by atoms with Crippen molar-refractivity contribution in [2.24, 2.45) is 0 Å². The van der Waals surface area contributed by atoms with E-state index < -0.39 is 8.03 Å². The molecule has 0 aromatic heterocycles. The van der Waals surface area contributed by atoms with E-state index >= 15 is 0 Å². The molecule has 0 aliphatic carbocycles. The first-order chi connectivity index (χ1) is 6.00. The van der Waals surface area contributed by atoms with Gasteiger partial charge in [-0.3, -0.25) is 0 Å². The van der Waals surface area contributed by atoms with E-state index in [1.54, 1.807) is 13.0 Å². The van der Waals surface area contributed by atoms with Crippen LogP contribution in [0.25, 0.3) is 0 Å². The SMILES string of the molecule is Cc1cc(C)c(O)c(C[P+](=O)O)c1.[Ni]. The van der Waals surface area contributed by atoms with Gasteiger partial charge in [-0.25, -0.2) is 0 Å². The minimum absolute atomic E-state index is 0. The third-order valence-corrected chi connectivity index (χ3v) is 2.44. The molecule has 14 heavy (non-hydrogen) atoms. The number of rotatable bonds is 2. The van der Waals surface area contributed by atoms with Gasteiger partial charge in [-0.15, -0.1) is 0 Å². The summed E-state index contributed by atoms with van der Waals surface area (Å²) in [5.41, 5.74) is 2.27. The number of hydrogen-bond donors (Lipinski definition) is 2. The van der Waals surface area contributed by atoms with E-state index in [-0.39, 0.29) is 28.4 Å². The molecule has 2 N–H and O–H groups in total. The van der Waals surface area contributed by atoms with Crippen LogP contribution < -0.4 is 0 Å². The quantitative estimate of drug-likeness (QED) is 0.631. The molecule has 0 saturated carbocycles. The van der Waals surface area contributed by atoms with Crippen molar-refractivity contribution in [3.05, 3.63) is 28.8 Å². The smallest absolute Gasteiger partial charge is 0.507 e. The van der Waals surface area contributed by atoms with Crippen LogP contribution in [-0.2, 0) is 27.2 Å². The first-order valence-electron chi connectivity index (χ1n) is 3.93. The maximum Gasteiger partial charge on any atom is 0.510 e. The molecule has 0 radical (unpaired) electrons. The molecule has 1 unspecified atom stereocenters. The molecule has 1 aromatic carbocycles. The van der Waals surface area contributed by atoms with Crippen LogP contribution in [-0.4, -0.2) is 10.00 Å². The third-order valence-electron chi connectivity index (χ3n) is 1.83. The van der Waals surface area contributed by atoms with Crippen LogP contribution in [0.1, 0.15) is 16.7 Å². The van der Waals surface area contributed by atoms with Gasteiger partial charge in [0.1, 0.15) is 5.75 Å². The van der Waals surface area contributed by atoms with Gasteiger partial charge in [-0.1, -0.05) is 11.6 Å². The first-order valence-corrected chi connectivity index (χ1v) is 5.33. The molecule has 0 aliphatic rings. The van der Waals surface area contributed by atoms with Crippen molar-refractivity contribution in [1.82, 2.24) is 0 Å². The van der Waals surface area contributed by atoms with Crippen LogP contribution >= 0.6 is 8.03 Å². The Morgan fingerprint density at radius 2 is 1.93 bits per heavy atom. The Balaban J connectivity index is 0.00000169. The summed E-state index contributed by atoms with van der Waals surface area (Å²) in [6.45, 7) is 3.66. The van der Waals surface area contributed by atoms with Gasteiger partial charge in [0, 0.05) is 22.1 Å². The average molecular weight is 258 g/mol. The van der Waals surface area contributed by atoms with Gasteiger partial charge in [-0.2, -0.15) is 4.89 Å². The molecule has 0 bridgehead atoms. The summed E-state index contributed by atoms with van der Waals surface area (Å²) in [7, 11) is -2.23. The number of hydrogen-bond acceptors (Lipinski definition) is 2. The van der Waals surface area contributed by atoms with Crippen molar-refractivity contribution in [2.75, 3.05) is 0 Å². The molecule has 1 rings (SSSR count). The van der Waals surface area contributed by atoms with Gasteiger partial charge in [0.25, 0.3) is 0 Å². The normalized spacial score (nSPS) is 10.6. The summed E-state index contributed by atoms with van der Waals surface area (Å²) in [4.78, 5) is 8.71. The zero-order valence-electron chi connectivity index (χ0n) is 7.93. The fourth-order valence-corrected chi connectivity index (χ4v) is 1.85. The van der Waals surface area contributed by atoms with Gasteiger partial charge in [0.15, 0.2) is 0 Å². The van der Waals surface area contributed by atoms with Crippen LogP contribution in [0.3, 0.4) is 0 Å². The van der Waals surface area contributed by atoms with Crippen molar-refractivity contribution < 1.29 is 31.1 Å². The Kier molecular flexibility index (Phi) is 5.29. The number of phenols is 1. The van der Waals surface area contributed by atoms with E-state index in [2.05, 4.69) is 0 Å². The van der Waals surface area contributed by atoms with Crippen LogP contribution in [0.5, 0.6) is 5.75 Å². The maximum atomic E-state index is 10.6. The topological polar surface area (TPSA) is 57.5 Å². The molecule has 0 heterocycles. The van der Waals surface area contributed by atoms with Crippen molar-refractivity contribution in [3.8, 4) is 5.75 Å². The Morgan fingerprint density at radius 1 is 1.36 bits per heavy atom. The van der Waals surface area contributed by atoms with Crippen molar-refractivity contribution in [3.63, 3.8) is 0 Å². The van der Waals surface area contributed by atoms with Crippen molar-refractivity contribution >= 4 is 8.03 Å². The molecular formula is C9H12NiO3P+. The molecule has 0 saturated heterocycles. The number of aromatic hydroxyl groups is 1. The second kappa shape index (κ2) is 5.45. The van der Waals surface area contributed by atoms with Gasteiger partial charge < -0.3 is 5.11 Å². The number of benzene rings is 1. The second-order valence-corrected chi connectivity index (χ2v) is 4.12. The Hall–Kier alpha value is -0.426. The van der Waals surface area contributed by atoms with E-state index in [4.69, 9.17) is 4.89 Å². The molecule has 5 heteroatoms. The zero-order chi connectivity index (χ0) is 10.0. The molecule has 3 nitrogen and oxygen atoms in total. The Morgan fingerprint density at radius 3 is 2.43 bits per heavy atom. The summed E-state index contributed by atoms with van der Waals surface area (Å²) in [6, 6.07) is 3.56. The summed E-state index contributed by atoms with van der Waals surface area (Å²) in [5, 5.41) is 9.53. The molecule has 0 fully saturated rings. The molecule has 0 aliphatic heterocycles. The number of aryl methyl sites for hydroxylation is 2. The largest absolute Gasteiger partial charge is 0.510 e. The van der Waals surface area contributed by atoms with Crippen molar-refractivity contribution in [1.29, 1.82) is 0 Å². The summed E-state index contributed by atoms with van der Waals surface area (Å²) in [5.74, 6) is 0.128. The van der Waals surface area contributed by atoms with Gasteiger partial charge >= 0.3 is 8.03 Å². The monoisotopic (exact) mass is 257 g/mol. The van der Waals surface area contributed by atoms with Crippen LogP contribution in [0.4, 0.5) is 0 Å². The van der Waals surface area contributed by atoms with Gasteiger partial charge in [-0.05, 0) is 30.0 Å². The average Bonchev–Trinajstić information content (AvgIpc) is 1.98. The van der Waals surface area contributed by atoms with E-state index in [0.29, 0.717) is 5.56 Å². The number of phenolic OH excluding ortho intramolecular Hbond substituents is 1. The standard InChI is InChI=1S/C9H11O3P.Ni/c1-6-3-7(2)9(10)8(4-6)5-13(11)12;/h3-4H,5H2,1-2H3,(H-,10,11,12);/p+1. The molecular weight excluding hydrogens is 246 g/mol. The summed E-state index contributed by atoms with van der Waals surface area (Å²) in [6.07, 6.45) is 0.0175. The van der Waals surface area contributed by atoms with E-state index in [1.807, 2.05) is 13.0 Å². The predicted molar refractivity (Wildman–Crippen MR) is 51.1 cm³/mol.